The predicted octanol–water partition coefficient (Wildman–Crippen LogP) is 2.42. The fourth-order valence-corrected chi connectivity index (χ4v) is 3.56. The molecule has 0 spiro atoms. The van der Waals surface area contributed by atoms with Crippen LogP contribution in [0.25, 0.3) is 0 Å². The van der Waals surface area contributed by atoms with Gasteiger partial charge in [-0.3, -0.25) is 4.79 Å². The van der Waals surface area contributed by atoms with Gasteiger partial charge in [0, 0.05) is 20.1 Å². The summed E-state index contributed by atoms with van der Waals surface area (Å²) in [6.45, 7) is 2.02. The van der Waals surface area contributed by atoms with Gasteiger partial charge in [0.1, 0.15) is 0 Å². The third kappa shape index (κ3) is 8.15. The summed E-state index contributed by atoms with van der Waals surface area (Å²) in [6, 6.07) is 10.0. The summed E-state index contributed by atoms with van der Waals surface area (Å²) in [4.78, 5) is 9.54. The van der Waals surface area contributed by atoms with Crippen LogP contribution in [0.1, 0.15) is 44.1 Å². The largest absolute Gasteiger partial charge is 0.382 e. The van der Waals surface area contributed by atoms with Gasteiger partial charge in [-0.15, -0.1) is 0 Å². The maximum absolute atomic E-state index is 11.0. The topological polar surface area (TPSA) is 96.9 Å². The van der Waals surface area contributed by atoms with Gasteiger partial charge in [-0.1, -0.05) is 30.3 Å². The summed E-state index contributed by atoms with van der Waals surface area (Å²) in [5, 5.41) is 5.13. The summed E-state index contributed by atoms with van der Waals surface area (Å²) in [6.07, 6.45) is 4.22. The van der Waals surface area contributed by atoms with E-state index in [4.69, 9.17) is 4.74 Å². The second kappa shape index (κ2) is 11.8. The molecule has 1 amide bonds. The number of hydrogen-bond acceptors (Lipinski definition) is 6. The van der Waals surface area contributed by atoms with Gasteiger partial charge in [-0.05, 0) is 50.4 Å². The van der Waals surface area contributed by atoms with Gasteiger partial charge in [0.15, 0.2) is 5.11 Å². The quantitative estimate of drug-likeness (QED) is 0.502. The van der Waals surface area contributed by atoms with Crippen molar-refractivity contribution < 1.29 is 17.9 Å². The van der Waals surface area contributed by atoms with Gasteiger partial charge in [-0.25, -0.2) is 0 Å². The molecule has 0 saturated heterocycles. The van der Waals surface area contributed by atoms with Crippen LogP contribution in [0.3, 0.4) is 0 Å². The fourth-order valence-electron chi connectivity index (χ4n) is 2.92. The first kappa shape index (κ1) is 23.2. The monoisotopic (exact) mass is 413 g/mol. The Labute approximate surface area is 167 Å². The summed E-state index contributed by atoms with van der Waals surface area (Å²) < 4.78 is 31.2. The fraction of sp³-hybridized carbons (Fsp3) is 0.556. The summed E-state index contributed by atoms with van der Waals surface area (Å²) in [7, 11) is 0.994. The van der Waals surface area contributed by atoms with E-state index in [1.807, 2.05) is 37.3 Å². The van der Waals surface area contributed by atoms with Crippen LogP contribution in [-0.2, 0) is 20.0 Å². The Morgan fingerprint density at radius 2 is 2.11 bits per heavy atom. The molecule has 1 fully saturated rings. The lowest BCUT2D eigenvalue weighted by Crippen LogP contribution is -2.30. The van der Waals surface area contributed by atoms with E-state index in [-0.39, 0.29) is 12.0 Å². The maximum atomic E-state index is 11.0. The molecule has 1 aliphatic rings. The Kier molecular flexibility index (Phi) is 10.1. The third-order valence-electron chi connectivity index (χ3n) is 4.54. The Hall–Kier alpha value is -1.84. The minimum absolute atomic E-state index is 0.207. The van der Waals surface area contributed by atoms with Crippen LogP contribution in [0.15, 0.2) is 34.7 Å². The average Bonchev–Trinajstić information content (AvgIpc) is 3.35. The first-order valence-corrected chi connectivity index (χ1v) is 10.1. The molecule has 2 N–H and O–H groups in total. The smallest absolute Gasteiger partial charge is 0.311 e. The SMILES string of the molecule is CNC(=S)NC=O.COC(C)CCCC1(N=S(=O)=O)CC1c1ccccc1. The zero-order valence-electron chi connectivity index (χ0n) is 15.8. The lowest BCUT2D eigenvalue weighted by molar-refractivity contribution is -0.108. The standard InChI is InChI=1S/C15H21NO3S.C3H6N2OS/c1-12(19-2)7-6-10-15(16-20(17)18)11-14(15)13-8-4-3-5-9-13;1-4-3(7)5-2-6/h3-5,8-9,12,14H,6-7,10-11H2,1-2H3;2H,1H3,(H2,4,5,6,7). The van der Waals surface area contributed by atoms with Crippen molar-refractivity contribution in [2.45, 2.75) is 50.2 Å². The number of hydrogen-bond donors (Lipinski definition) is 2. The van der Waals surface area contributed by atoms with Crippen LogP contribution in [0.2, 0.25) is 0 Å². The van der Waals surface area contributed by atoms with E-state index in [0.29, 0.717) is 11.5 Å². The van der Waals surface area contributed by atoms with Crippen molar-refractivity contribution in [3.63, 3.8) is 0 Å². The highest BCUT2D eigenvalue weighted by Gasteiger charge is 2.55. The molecule has 1 aliphatic carbocycles. The Balaban J connectivity index is 0.000000445. The number of amides is 1. The highest BCUT2D eigenvalue weighted by atomic mass is 32.2. The first-order chi connectivity index (χ1) is 12.9. The third-order valence-corrected chi connectivity index (χ3v) is 5.38. The Morgan fingerprint density at radius 1 is 1.44 bits per heavy atom. The molecule has 3 atom stereocenters. The van der Waals surface area contributed by atoms with Gasteiger partial charge < -0.3 is 15.4 Å². The molecule has 1 saturated carbocycles. The van der Waals surface area contributed by atoms with Crippen molar-refractivity contribution in [3.8, 4) is 0 Å². The zero-order valence-corrected chi connectivity index (χ0v) is 17.5. The zero-order chi connectivity index (χ0) is 20.3. The number of methoxy groups -OCH3 is 1. The van der Waals surface area contributed by atoms with Crippen LogP contribution in [0, 0.1) is 0 Å². The summed E-state index contributed by atoms with van der Waals surface area (Å²) >= 11 is 4.50. The minimum Gasteiger partial charge on any atom is -0.382 e. The molecule has 0 aromatic heterocycles. The van der Waals surface area contributed by atoms with Crippen LogP contribution >= 0.6 is 12.2 Å². The molecule has 150 valence electrons. The van der Waals surface area contributed by atoms with E-state index in [1.54, 1.807) is 14.2 Å². The van der Waals surface area contributed by atoms with E-state index in [1.165, 1.54) is 5.56 Å². The van der Waals surface area contributed by atoms with Crippen molar-refractivity contribution in [2.75, 3.05) is 14.2 Å². The molecule has 0 radical (unpaired) electrons. The maximum Gasteiger partial charge on any atom is 0.311 e. The normalized spacial score (nSPS) is 21.1. The van der Waals surface area contributed by atoms with Crippen LogP contribution in [0.4, 0.5) is 0 Å². The molecule has 2 rings (SSSR count). The van der Waals surface area contributed by atoms with Crippen molar-refractivity contribution in [2.24, 2.45) is 4.36 Å². The highest BCUT2D eigenvalue weighted by Crippen LogP contribution is 2.57. The van der Waals surface area contributed by atoms with Crippen molar-refractivity contribution >= 4 is 34.2 Å². The highest BCUT2D eigenvalue weighted by molar-refractivity contribution is 7.80. The molecule has 0 heterocycles. The van der Waals surface area contributed by atoms with E-state index in [2.05, 4.69) is 27.2 Å². The van der Waals surface area contributed by atoms with Gasteiger partial charge >= 0.3 is 10.5 Å². The Morgan fingerprint density at radius 3 is 2.59 bits per heavy atom. The van der Waals surface area contributed by atoms with Gasteiger partial charge in [-0.2, -0.15) is 12.8 Å². The van der Waals surface area contributed by atoms with E-state index >= 15 is 0 Å². The molecule has 9 heteroatoms. The molecule has 0 aliphatic heterocycles. The minimum atomic E-state index is -2.34. The number of carbonyl (C=O) groups excluding carboxylic acids is 1. The number of carbonyl (C=O) groups is 1. The average molecular weight is 414 g/mol. The lowest BCUT2D eigenvalue weighted by atomic mass is 10.0. The number of thiocarbonyl (C=S) groups is 1. The van der Waals surface area contributed by atoms with Gasteiger partial charge in [0.2, 0.25) is 6.41 Å². The molecular weight excluding hydrogens is 386 g/mol. The number of benzene rings is 1. The van der Waals surface area contributed by atoms with Crippen LogP contribution in [-0.4, -0.2) is 45.7 Å². The van der Waals surface area contributed by atoms with E-state index in [0.717, 1.165) is 25.7 Å². The molecule has 3 unspecified atom stereocenters. The molecule has 1 aromatic carbocycles. The van der Waals surface area contributed by atoms with Crippen LogP contribution < -0.4 is 10.6 Å². The number of ether oxygens (including phenoxy) is 1. The van der Waals surface area contributed by atoms with Crippen molar-refractivity contribution in [1.82, 2.24) is 10.6 Å². The number of nitrogens with one attached hydrogen (secondary N) is 2. The predicted molar refractivity (Wildman–Crippen MR) is 109 cm³/mol. The van der Waals surface area contributed by atoms with Gasteiger partial charge in [0.25, 0.3) is 0 Å². The van der Waals surface area contributed by atoms with Crippen molar-refractivity contribution in [1.29, 1.82) is 0 Å². The molecule has 27 heavy (non-hydrogen) atoms. The second-order valence-corrected chi connectivity index (χ2v) is 7.38. The van der Waals surface area contributed by atoms with Crippen LogP contribution in [0.5, 0.6) is 0 Å². The van der Waals surface area contributed by atoms with E-state index < -0.39 is 16.0 Å². The Bertz CT molecular complexity index is 732. The second-order valence-electron chi connectivity index (χ2n) is 6.36. The molecular formula is C18H27N3O4S2. The first-order valence-electron chi connectivity index (χ1n) is 8.70. The molecule has 0 bridgehead atoms. The van der Waals surface area contributed by atoms with Gasteiger partial charge in [0.05, 0.1) is 11.6 Å². The number of nitrogens with zero attached hydrogens (tertiary/aromatic N) is 1. The molecule has 1 aromatic rings. The van der Waals surface area contributed by atoms with E-state index in [9.17, 15) is 13.2 Å². The summed E-state index contributed by atoms with van der Waals surface area (Å²) in [5.74, 6) is 0.236. The lowest BCUT2D eigenvalue weighted by Gasteiger charge is -2.13. The van der Waals surface area contributed by atoms with Crippen molar-refractivity contribution in [3.05, 3.63) is 35.9 Å². The molecule has 7 nitrogen and oxygen atoms in total. The number of rotatable bonds is 8. The summed E-state index contributed by atoms with van der Waals surface area (Å²) in [5.41, 5.74) is 0.767.